The minimum Gasteiger partial charge on any atom is -0.367 e. The molecule has 122 valence electrons. The molecule has 0 aliphatic carbocycles. The van der Waals surface area contributed by atoms with E-state index in [1.165, 1.54) is 6.07 Å². The molecule has 0 saturated carbocycles. The number of nitrogens with zero attached hydrogens (tertiary/aromatic N) is 4. The van der Waals surface area contributed by atoms with Crippen LogP contribution in [0.15, 0.2) is 42.5 Å². The Balaban J connectivity index is 1.78. The summed E-state index contributed by atoms with van der Waals surface area (Å²) in [5, 5.41) is 21.0. The van der Waals surface area contributed by atoms with Gasteiger partial charge in [0.1, 0.15) is 11.8 Å². The third kappa shape index (κ3) is 3.12. The summed E-state index contributed by atoms with van der Waals surface area (Å²) in [4.78, 5) is 15.0. The molecule has 2 aromatic rings. The van der Waals surface area contributed by atoms with E-state index in [0.717, 1.165) is 5.69 Å². The lowest BCUT2D eigenvalue weighted by molar-refractivity contribution is -0.384. The summed E-state index contributed by atoms with van der Waals surface area (Å²) in [5.74, 6) is 0. The standard InChI is InChI=1S/C17H15ClN4O2/c18-14-5-6-15(13(11-14)12-19)20-7-9-21(10-8-20)16-3-1-2-4-17(16)22(23)24/h1-6,11H,7-10H2. The van der Waals surface area contributed by atoms with E-state index < -0.39 is 0 Å². The molecular weight excluding hydrogens is 328 g/mol. The van der Waals surface area contributed by atoms with Gasteiger partial charge in [0.05, 0.1) is 16.2 Å². The van der Waals surface area contributed by atoms with Crippen LogP contribution in [0.2, 0.25) is 5.02 Å². The first-order valence-corrected chi connectivity index (χ1v) is 7.91. The van der Waals surface area contributed by atoms with Crippen molar-refractivity contribution in [2.24, 2.45) is 0 Å². The van der Waals surface area contributed by atoms with Gasteiger partial charge in [0.25, 0.3) is 5.69 Å². The molecule has 3 rings (SSSR count). The smallest absolute Gasteiger partial charge is 0.292 e. The number of nitriles is 1. The zero-order chi connectivity index (χ0) is 17.1. The number of rotatable bonds is 3. The van der Waals surface area contributed by atoms with Crippen molar-refractivity contribution in [3.8, 4) is 6.07 Å². The molecule has 7 heteroatoms. The van der Waals surface area contributed by atoms with Crippen molar-refractivity contribution in [3.63, 3.8) is 0 Å². The minimum atomic E-state index is -0.352. The third-order valence-corrected chi connectivity index (χ3v) is 4.35. The number of para-hydroxylation sites is 2. The fourth-order valence-corrected chi connectivity index (χ4v) is 3.12. The molecule has 1 heterocycles. The predicted molar refractivity (Wildman–Crippen MR) is 93.7 cm³/mol. The fourth-order valence-electron chi connectivity index (χ4n) is 2.95. The largest absolute Gasteiger partial charge is 0.367 e. The zero-order valence-electron chi connectivity index (χ0n) is 12.9. The van der Waals surface area contributed by atoms with Crippen LogP contribution in [0.1, 0.15) is 5.56 Å². The minimum absolute atomic E-state index is 0.121. The van der Waals surface area contributed by atoms with E-state index in [1.54, 1.807) is 24.3 Å². The highest BCUT2D eigenvalue weighted by atomic mass is 35.5. The predicted octanol–water partition coefficient (Wildman–Crippen LogP) is 3.45. The van der Waals surface area contributed by atoms with Crippen LogP contribution < -0.4 is 9.80 Å². The van der Waals surface area contributed by atoms with Gasteiger partial charge in [0.15, 0.2) is 0 Å². The summed E-state index contributed by atoms with van der Waals surface area (Å²) in [7, 11) is 0. The molecule has 1 fully saturated rings. The third-order valence-electron chi connectivity index (χ3n) is 4.12. The zero-order valence-corrected chi connectivity index (χ0v) is 13.6. The molecule has 0 aromatic heterocycles. The highest BCUT2D eigenvalue weighted by Crippen LogP contribution is 2.30. The first-order chi connectivity index (χ1) is 11.6. The van der Waals surface area contributed by atoms with Crippen LogP contribution in [0.25, 0.3) is 0 Å². The van der Waals surface area contributed by atoms with Crippen molar-refractivity contribution >= 4 is 28.7 Å². The number of hydrogen-bond acceptors (Lipinski definition) is 5. The van der Waals surface area contributed by atoms with E-state index in [1.807, 2.05) is 17.0 Å². The SMILES string of the molecule is N#Cc1cc(Cl)ccc1N1CCN(c2ccccc2[N+](=O)[O-])CC1. The van der Waals surface area contributed by atoms with Crippen molar-refractivity contribution in [3.05, 3.63) is 63.2 Å². The average molecular weight is 343 g/mol. The quantitative estimate of drug-likeness (QED) is 0.631. The van der Waals surface area contributed by atoms with Crippen molar-refractivity contribution in [2.45, 2.75) is 0 Å². The van der Waals surface area contributed by atoms with E-state index >= 15 is 0 Å². The van der Waals surface area contributed by atoms with Crippen molar-refractivity contribution in [1.29, 1.82) is 5.26 Å². The molecule has 1 saturated heterocycles. The molecule has 0 atom stereocenters. The molecule has 0 bridgehead atoms. The molecule has 1 aliphatic heterocycles. The molecule has 6 nitrogen and oxygen atoms in total. The van der Waals surface area contributed by atoms with Crippen LogP contribution in [-0.2, 0) is 0 Å². The van der Waals surface area contributed by atoms with E-state index in [0.29, 0.717) is 42.5 Å². The molecular formula is C17H15ClN4O2. The number of piperazine rings is 1. The second-order valence-corrected chi connectivity index (χ2v) is 5.93. The van der Waals surface area contributed by atoms with E-state index in [9.17, 15) is 15.4 Å². The Morgan fingerprint density at radius 2 is 1.67 bits per heavy atom. The van der Waals surface area contributed by atoms with E-state index in [2.05, 4.69) is 11.0 Å². The molecule has 0 unspecified atom stereocenters. The molecule has 1 aliphatic rings. The lowest BCUT2D eigenvalue weighted by Gasteiger charge is -2.37. The summed E-state index contributed by atoms with van der Waals surface area (Å²) < 4.78 is 0. The number of anilines is 2. The van der Waals surface area contributed by atoms with Gasteiger partial charge < -0.3 is 9.80 Å². The van der Waals surface area contributed by atoms with Crippen LogP contribution in [0.4, 0.5) is 17.1 Å². The maximum absolute atomic E-state index is 11.2. The normalized spacial score (nSPS) is 14.3. The number of benzene rings is 2. The summed E-state index contributed by atoms with van der Waals surface area (Å²) >= 11 is 5.94. The number of nitro groups is 1. The second kappa shape index (κ2) is 6.77. The highest BCUT2D eigenvalue weighted by molar-refractivity contribution is 6.30. The van der Waals surface area contributed by atoms with E-state index in [-0.39, 0.29) is 10.6 Å². The van der Waals surface area contributed by atoms with Crippen LogP contribution >= 0.6 is 11.6 Å². The maximum atomic E-state index is 11.2. The van der Waals surface area contributed by atoms with Gasteiger partial charge in [-0.05, 0) is 24.3 Å². The first kappa shape index (κ1) is 16.1. The van der Waals surface area contributed by atoms with Gasteiger partial charge in [-0.15, -0.1) is 0 Å². The average Bonchev–Trinajstić information content (AvgIpc) is 2.61. The Hall–Kier alpha value is -2.78. The maximum Gasteiger partial charge on any atom is 0.292 e. The van der Waals surface area contributed by atoms with Gasteiger partial charge in [0, 0.05) is 37.3 Å². The monoisotopic (exact) mass is 342 g/mol. The summed E-state index contributed by atoms with van der Waals surface area (Å²) in [5.41, 5.74) is 2.15. The Morgan fingerprint density at radius 1 is 1.04 bits per heavy atom. The van der Waals surface area contributed by atoms with Crippen LogP contribution in [0.5, 0.6) is 0 Å². The molecule has 0 spiro atoms. The Labute approximate surface area is 144 Å². The van der Waals surface area contributed by atoms with Crippen LogP contribution in [0, 0.1) is 21.4 Å². The van der Waals surface area contributed by atoms with Gasteiger partial charge in [-0.3, -0.25) is 10.1 Å². The summed E-state index contributed by atoms with van der Waals surface area (Å²) in [6.07, 6.45) is 0. The topological polar surface area (TPSA) is 73.4 Å². The molecule has 24 heavy (non-hydrogen) atoms. The Bertz CT molecular complexity index is 810. The summed E-state index contributed by atoms with van der Waals surface area (Å²) in [6.45, 7) is 2.67. The molecule has 2 aromatic carbocycles. The van der Waals surface area contributed by atoms with Crippen LogP contribution in [0.3, 0.4) is 0 Å². The lowest BCUT2D eigenvalue weighted by Crippen LogP contribution is -2.47. The molecule has 0 N–H and O–H groups in total. The lowest BCUT2D eigenvalue weighted by atomic mass is 10.1. The molecule has 0 radical (unpaired) electrons. The van der Waals surface area contributed by atoms with Crippen LogP contribution in [-0.4, -0.2) is 31.1 Å². The van der Waals surface area contributed by atoms with Gasteiger partial charge in [0.2, 0.25) is 0 Å². The first-order valence-electron chi connectivity index (χ1n) is 7.53. The van der Waals surface area contributed by atoms with Crippen molar-refractivity contribution < 1.29 is 4.92 Å². The van der Waals surface area contributed by atoms with Gasteiger partial charge in [-0.25, -0.2) is 0 Å². The van der Waals surface area contributed by atoms with Gasteiger partial charge in [-0.1, -0.05) is 23.7 Å². The second-order valence-electron chi connectivity index (χ2n) is 5.49. The number of hydrogen-bond donors (Lipinski definition) is 0. The Kier molecular flexibility index (Phi) is 4.54. The number of halogens is 1. The summed E-state index contributed by atoms with van der Waals surface area (Å²) in [6, 6.07) is 14.2. The van der Waals surface area contributed by atoms with Crippen molar-refractivity contribution in [1.82, 2.24) is 0 Å². The highest BCUT2D eigenvalue weighted by Gasteiger charge is 2.24. The molecule has 0 amide bonds. The van der Waals surface area contributed by atoms with Gasteiger partial charge >= 0.3 is 0 Å². The number of nitro benzene ring substituents is 1. The fraction of sp³-hybridized carbons (Fsp3) is 0.235. The van der Waals surface area contributed by atoms with Gasteiger partial charge in [-0.2, -0.15) is 5.26 Å². The Morgan fingerprint density at radius 3 is 2.29 bits per heavy atom. The van der Waals surface area contributed by atoms with E-state index in [4.69, 9.17) is 11.6 Å². The van der Waals surface area contributed by atoms with Crippen molar-refractivity contribution in [2.75, 3.05) is 36.0 Å².